The van der Waals surface area contributed by atoms with Crippen LogP contribution in [-0.2, 0) is 4.74 Å². The Bertz CT molecular complexity index is 379. The Hall–Kier alpha value is -0.940. The van der Waals surface area contributed by atoms with Crippen LogP contribution in [0, 0.1) is 5.92 Å². The van der Waals surface area contributed by atoms with Crippen LogP contribution in [0.1, 0.15) is 56.3 Å². The summed E-state index contributed by atoms with van der Waals surface area (Å²) in [7, 11) is 0. The predicted molar refractivity (Wildman–Crippen MR) is 66.2 cm³/mol. The summed E-state index contributed by atoms with van der Waals surface area (Å²) >= 11 is 0. The second-order valence-electron chi connectivity index (χ2n) is 5.53. The maximum absolute atomic E-state index is 5.44. The highest BCUT2D eigenvalue weighted by atomic mass is 16.5. The summed E-state index contributed by atoms with van der Waals surface area (Å²) in [5, 5.41) is 7.45. The Labute approximate surface area is 107 Å². The van der Waals surface area contributed by atoms with E-state index >= 15 is 0 Å². The zero-order valence-electron chi connectivity index (χ0n) is 10.9. The normalized spacial score (nSPS) is 33.5. The highest BCUT2D eigenvalue weighted by Gasteiger charge is 2.27. The van der Waals surface area contributed by atoms with Gasteiger partial charge in [0.25, 0.3) is 0 Å². The average Bonchev–Trinajstić information content (AvgIpc) is 2.90. The van der Waals surface area contributed by atoms with Crippen LogP contribution in [0.15, 0.2) is 4.52 Å². The zero-order chi connectivity index (χ0) is 12.4. The van der Waals surface area contributed by atoms with Gasteiger partial charge in [-0.1, -0.05) is 12.1 Å². The Balaban J connectivity index is 1.65. The molecule has 5 nitrogen and oxygen atoms in total. The lowest BCUT2D eigenvalue weighted by Gasteiger charge is -2.23. The first-order valence-corrected chi connectivity index (χ1v) is 6.97. The molecule has 1 aromatic heterocycles. The third-order valence-electron chi connectivity index (χ3n) is 4.06. The Morgan fingerprint density at radius 3 is 2.78 bits per heavy atom. The molecule has 1 saturated carbocycles. The number of morpholine rings is 1. The third kappa shape index (κ3) is 2.57. The molecule has 3 rings (SSSR count). The van der Waals surface area contributed by atoms with Gasteiger partial charge in [0, 0.05) is 12.5 Å². The Kier molecular flexibility index (Phi) is 3.61. The van der Waals surface area contributed by atoms with Crippen molar-refractivity contribution in [3.63, 3.8) is 0 Å². The van der Waals surface area contributed by atoms with E-state index in [4.69, 9.17) is 9.26 Å². The van der Waals surface area contributed by atoms with E-state index in [1.165, 1.54) is 25.7 Å². The second-order valence-corrected chi connectivity index (χ2v) is 5.53. The molecule has 1 N–H and O–H groups in total. The van der Waals surface area contributed by atoms with E-state index in [9.17, 15) is 0 Å². The lowest BCUT2D eigenvalue weighted by Crippen LogP contribution is -2.35. The quantitative estimate of drug-likeness (QED) is 0.871. The van der Waals surface area contributed by atoms with E-state index in [-0.39, 0.29) is 6.04 Å². The number of hydrogen-bond acceptors (Lipinski definition) is 5. The maximum atomic E-state index is 5.44. The van der Waals surface area contributed by atoms with Crippen molar-refractivity contribution in [3.8, 4) is 0 Å². The molecule has 1 aliphatic heterocycles. The van der Waals surface area contributed by atoms with Gasteiger partial charge in [-0.15, -0.1) is 0 Å². The molecular weight excluding hydrogens is 230 g/mol. The molecule has 0 aromatic carbocycles. The minimum Gasteiger partial charge on any atom is -0.378 e. The molecule has 1 unspecified atom stereocenters. The van der Waals surface area contributed by atoms with Crippen molar-refractivity contribution in [2.45, 2.75) is 44.6 Å². The van der Waals surface area contributed by atoms with Crippen LogP contribution in [0.4, 0.5) is 0 Å². The third-order valence-corrected chi connectivity index (χ3v) is 4.06. The summed E-state index contributed by atoms with van der Waals surface area (Å²) in [6.07, 6.45) is 4.90. The van der Waals surface area contributed by atoms with Crippen molar-refractivity contribution in [1.29, 1.82) is 0 Å². The van der Waals surface area contributed by atoms with Gasteiger partial charge in [0.15, 0.2) is 5.82 Å². The first-order valence-electron chi connectivity index (χ1n) is 6.97. The second kappa shape index (κ2) is 5.36. The SMILES string of the molecule is CC1CCC(c2nc(C3COCCN3)no2)CC1. The largest absolute Gasteiger partial charge is 0.378 e. The number of rotatable bonds is 2. The molecule has 2 heterocycles. The number of aromatic nitrogens is 2. The van der Waals surface area contributed by atoms with Gasteiger partial charge in [-0.05, 0) is 31.6 Å². The first-order chi connectivity index (χ1) is 8.83. The summed E-state index contributed by atoms with van der Waals surface area (Å²) in [4.78, 5) is 4.56. The van der Waals surface area contributed by atoms with Gasteiger partial charge in [0.05, 0.1) is 19.3 Å². The van der Waals surface area contributed by atoms with Gasteiger partial charge < -0.3 is 14.6 Å². The molecule has 2 aliphatic rings. The van der Waals surface area contributed by atoms with Crippen molar-refractivity contribution < 1.29 is 9.26 Å². The van der Waals surface area contributed by atoms with E-state index in [0.29, 0.717) is 12.5 Å². The van der Waals surface area contributed by atoms with Gasteiger partial charge in [-0.25, -0.2) is 0 Å². The lowest BCUT2D eigenvalue weighted by molar-refractivity contribution is 0.0734. The van der Waals surface area contributed by atoms with Crippen molar-refractivity contribution >= 4 is 0 Å². The van der Waals surface area contributed by atoms with Crippen molar-refractivity contribution in [2.75, 3.05) is 19.8 Å². The standard InChI is InChI=1S/C13H21N3O2/c1-9-2-4-10(5-3-9)13-15-12(16-18-13)11-8-17-7-6-14-11/h9-11,14H,2-8H2,1H3. The summed E-state index contributed by atoms with van der Waals surface area (Å²) in [5.74, 6) is 2.89. The van der Waals surface area contributed by atoms with E-state index in [0.717, 1.165) is 30.8 Å². The van der Waals surface area contributed by atoms with Crippen LogP contribution in [-0.4, -0.2) is 29.9 Å². The number of nitrogens with zero attached hydrogens (tertiary/aromatic N) is 2. The zero-order valence-corrected chi connectivity index (χ0v) is 10.9. The molecule has 5 heteroatoms. The summed E-state index contributed by atoms with van der Waals surface area (Å²) in [6, 6.07) is 0.0961. The minimum absolute atomic E-state index is 0.0961. The van der Waals surface area contributed by atoms with Crippen LogP contribution in [0.3, 0.4) is 0 Å². The van der Waals surface area contributed by atoms with Crippen LogP contribution >= 0.6 is 0 Å². The topological polar surface area (TPSA) is 60.2 Å². The van der Waals surface area contributed by atoms with Gasteiger partial charge in [0.2, 0.25) is 5.89 Å². The molecule has 0 bridgehead atoms. The van der Waals surface area contributed by atoms with Crippen LogP contribution in [0.5, 0.6) is 0 Å². The van der Waals surface area contributed by atoms with E-state index in [1.54, 1.807) is 0 Å². The molecular formula is C13H21N3O2. The lowest BCUT2D eigenvalue weighted by atomic mass is 9.83. The van der Waals surface area contributed by atoms with Gasteiger partial charge >= 0.3 is 0 Å². The van der Waals surface area contributed by atoms with Crippen LogP contribution in [0.2, 0.25) is 0 Å². The first kappa shape index (κ1) is 12.1. The van der Waals surface area contributed by atoms with E-state index in [2.05, 4.69) is 22.4 Å². The minimum atomic E-state index is 0.0961. The number of hydrogen-bond donors (Lipinski definition) is 1. The fraction of sp³-hybridized carbons (Fsp3) is 0.846. The average molecular weight is 251 g/mol. The summed E-state index contributed by atoms with van der Waals surface area (Å²) in [5.41, 5.74) is 0. The van der Waals surface area contributed by atoms with Crippen molar-refractivity contribution in [1.82, 2.24) is 15.5 Å². The maximum Gasteiger partial charge on any atom is 0.229 e. The van der Waals surface area contributed by atoms with Gasteiger partial charge in [-0.2, -0.15) is 4.98 Å². The summed E-state index contributed by atoms with van der Waals surface area (Å²) in [6.45, 7) is 4.58. The molecule has 1 aromatic rings. The monoisotopic (exact) mass is 251 g/mol. The summed E-state index contributed by atoms with van der Waals surface area (Å²) < 4.78 is 10.9. The highest BCUT2D eigenvalue weighted by molar-refractivity contribution is 5.00. The van der Waals surface area contributed by atoms with E-state index < -0.39 is 0 Å². The van der Waals surface area contributed by atoms with Crippen LogP contribution < -0.4 is 5.32 Å². The molecule has 0 amide bonds. The van der Waals surface area contributed by atoms with Crippen LogP contribution in [0.25, 0.3) is 0 Å². The predicted octanol–water partition coefficient (Wildman–Crippen LogP) is 2.02. The number of nitrogens with one attached hydrogen (secondary N) is 1. The van der Waals surface area contributed by atoms with Crippen molar-refractivity contribution in [2.24, 2.45) is 5.92 Å². The van der Waals surface area contributed by atoms with Crippen molar-refractivity contribution in [3.05, 3.63) is 11.7 Å². The van der Waals surface area contributed by atoms with Gasteiger partial charge in [-0.3, -0.25) is 0 Å². The molecule has 1 saturated heterocycles. The smallest absolute Gasteiger partial charge is 0.229 e. The highest BCUT2D eigenvalue weighted by Crippen LogP contribution is 2.34. The Morgan fingerprint density at radius 2 is 2.06 bits per heavy atom. The van der Waals surface area contributed by atoms with Gasteiger partial charge in [0.1, 0.15) is 0 Å². The Morgan fingerprint density at radius 1 is 1.22 bits per heavy atom. The fourth-order valence-electron chi connectivity index (χ4n) is 2.79. The molecule has 0 radical (unpaired) electrons. The number of ether oxygens (including phenoxy) is 1. The fourth-order valence-corrected chi connectivity index (χ4v) is 2.79. The molecule has 18 heavy (non-hydrogen) atoms. The molecule has 2 fully saturated rings. The molecule has 1 atom stereocenters. The molecule has 100 valence electrons. The molecule has 1 aliphatic carbocycles. The van der Waals surface area contributed by atoms with E-state index in [1.807, 2.05) is 0 Å². The molecule has 0 spiro atoms.